The maximum Gasteiger partial charge on any atom is 0.152 e. The molecule has 2 aromatic carbocycles. The van der Waals surface area contributed by atoms with Crippen molar-refractivity contribution in [3.8, 4) is 16.9 Å². The summed E-state index contributed by atoms with van der Waals surface area (Å²) < 4.78 is 17.8. The van der Waals surface area contributed by atoms with Crippen LogP contribution in [0.5, 0.6) is 5.75 Å². The minimum Gasteiger partial charge on any atom is -0.494 e. The Hall–Kier alpha value is -2.42. The molecule has 3 heteroatoms. The van der Waals surface area contributed by atoms with E-state index in [9.17, 15) is 9.18 Å². The van der Waals surface area contributed by atoms with Crippen LogP contribution in [0.3, 0.4) is 0 Å². The Bertz CT molecular complexity index is 687. The Balaban J connectivity index is 1.80. The summed E-state index contributed by atoms with van der Waals surface area (Å²) in [7, 11) is 0. The van der Waals surface area contributed by atoms with Crippen LogP contribution in [0.4, 0.5) is 4.39 Å². The molecule has 0 saturated carbocycles. The number of rotatable bonds is 11. The molecule has 138 valence electrons. The van der Waals surface area contributed by atoms with Gasteiger partial charge in [-0.2, -0.15) is 0 Å². The van der Waals surface area contributed by atoms with Crippen molar-refractivity contribution in [1.29, 1.82) is 0 Å². The zero-order valence-electron chi connectivity index (χ0n) is 15.4. The predicted octanol–water partition coefficient (Wildman–Crippen LogP) is 6.25. The van der Waals surface area contributed by atoms with E-state index in [0.717, 1.165) is 48.1 Å². The first-order chi connectivity index (χ1) is 12.7. The fourth-order valence-electron chi connectivity index (χ4n) is 2.66. The molecule has 0 fully saturated rings. The van der Waals surface area contributed by atoms with Crippen LogP contribution in [0.1, 0.15) is 44.6 Å². The first kappa shape index (κ1) is 19.9. The molecule has 0 heterocycles. The number of ether oxygens (including phenoxy) is 1. The molecule has 2 aromatic rings. The van der Waals surface area contributed by atoms with Gasteiger partial charge in [-0.15, -0.1) is 0 Å². The first-order valence-corrected chi connectivity index (χ1v) is 9.27. The molecule has 0 aliphatic rings. The fraction of sp³-hybridized carbons (Fsp3) is 0.348. The average molecular weight is 354 g/mol. The van der Waals surface area contributed by atoms with Crippen molar-refractivity contribution < 1.29 is 13.9 Å². The number of alkyl halides is 1. The van der Waals surface area contributed by atoms with E-state index in [-0.39, 0.29) is 12.5 Å². The van der Waals surface area contributed by atoms with Crippen LogP contribution in [0, 0.1) is 0 Å². The maximum absolute atomic E-state index is 12.0. The normalized spacial score (nSPS) is 11.0. The van der Waals surface area contributed by atoms with Crippen molar-refractivity contribution in [1.82, 2.24) is 0 Å². The van der Waals surface area contributed by atoms with Crippen molar-refractivity contribution >= 4 is 11.9 Å². The number of carbonyl (C=O) groups is 1. The largest absolute Gasteiger partial charge is 0.494 e. The molecule has 0 aromatic heterocycles. The molecule has 0 N–H and O–H groups in total. The number of hydrogen-bond acceptors (Lipinski definition) is 2. The van der Waals surface area contributed by atoms with E-state index in [0.29, 0.717) is 13.0 Å². The summed E-state index contributed by atoms with van der Waals surface area (Å²) in [5.74, 6) is 0.919. The number of halogens is 1. The smallest absolute Gasteiger partial charge is 0.152 e. The van der Waals surface area contributed by atoms with Crippen LogP contribution >= 0.6 is 0 Å². The number of allylic oxidation sites excluding steroid dienone is 1. The maximum atomic E-state index is 12.0. The van der Waals surface area contributed by atoms with E-state index in [1.807, 2.05) is 42.5 Å². The van der Waals surface area contributed by atoms with Gasteiger partial charge in [0.25, 0.3) is 0 Å². The molecule has 2 nitrogen and oxygen atoms in total. The van der Waals surface area contributed by atoms with Crippen LogP contribution in [-0.4, -0.2) is 19.1 Å². The third-order valence-corrected chi connectivity index (χ3v) is 4.16. The van der Waals surface area contributed by atoms with Crippen molar-refractivity contribution in [2.24, 2.45) is 0 Å². The Morgan fingerprint density at radius 1 is 0.885 bits per heavy atom. The van der Waals surface area contributed by atoms with Crippen LogP contribution in [0.15, 0.2) is 54.6 Å². The molecule has 0 amide bonds. The fourth-order valence-corrected chi connectivity index (χ4v) is 2.66. The summed E-state index contributed by atoms with van der Waals surface area (Å²) >= 11 is 0. The highest BCUT2D eigenvalue weighted by molar-refractivity contribution is 5.91. The lowest BCUT2D eigenvalue weighted by Crippen LogP contribution is -1.97. The van der Waals surface area contributed by atoms with E-state index >= 15 is 0 Å². The van der Waals surface area contributed by atoms with Crippen LogP contribution in [0.2, 0.25) is 0 Å². The van der Waals surface area contributed by atoms with Crippen molar-refractivity contribution in [3.05, 3.63) is 60.2 Å². The molecule has 0 bridgehead atoms. The Morgan fingerprint density at radius 2 is 1.46 bits per heavy atom. The standard InChI is InChI=1S/C23H27FO2/c1-19(25)7-8-20-9-11-21(12-10-20)22-13-15-23(16-14-22)26-18-6-4-2-3-5-17-24/h7-16H,2-6,17-18H2,1H3. The predicted molar refractivity (Wildman–Crippen MR) is 106 cm³/mol. The lowest BCUT2D eigenvalue weighted by atomic mass is 10.0. The molecule has 0 aliphatic heterocycles. The number of benzene rings is 2. The molecule has 0 spiro atoms. The van der Waals surface area contributed by atoms with Crippen LogP contribution in [-0.2, 0) is 4.79 Å². The van der Waals surface area contributed by atoms with Gasteiger partial charge in [0.2, 0.25) is 0 Å². The second-order valence-corrected chi connectivity index (χ2v) is 6.40. The Labute approximate surface area is 155 Å². The van der Waals surface area contributed by atoms with Gasteiger partial charge >= 0.3 is 0 Å². The second kappa shape index (κ2) is 11.2. The highest BCUT2D eigenvalue weighted by Crippen LogP contribution is 2.23. The van der Waals surface area contributed by atoms with Gasteiger partial charge in [0.1, 0.15) is 5.75 Å². The van der Waals surface area contributed by atoms with Gasteiger partial charge in [0.05, 0.1) is 13.3 Å². The Morgan fingerprint density at radius 3 is 2.08 bits per heavy atom. The van der Waals surface area contributed by atoms with Crippen LogP contribution in [0.25, 0.3) is 17.2 Å². The summed E-state index contributed by atoms with van der Waals surface area (Å²) in [4.78, 5) is 11.0. The Kier molecular flexibility index (Phi) is 8.61. The van der Waals surface area contributed by atoms with E-state index < -0.39 is 0 Å². The monoisotopic (exact) mass is 354 g/mol. The summed E-state index contributed by atoms with van der Waals surface area (Å²) in [6.07, 6.45) is 8.20. The summed E-state index contributed by atoms with van der Waals surface area (Å²) in [6, 6.07) is 16.2. The topological polar surface area (TPSA) is 26.3 Å². The minimum atomic E-state index is -0.208. The molecule has 0 saturated heterocycles. The molecular formula is C23H27FO2. The third-order valence-electron chi connectivity index (χ3n) is 4.16. The van der Waals surface area contributed by atoms with Gasteiger partial charge in [-0.05, 0) is 54.7 Å². The summed E-state index contributed by atoms with van der Waals surface area (Å²) in [5.41, 5.74) is 3.27. The molecule has 2 rings (SSSR count). The summed E-state index contributed by atoms with van der Waals surface area (Å²) in [5, 5.41) is 0. The number of carbonyl (C=O) groups excluding carboxylic acids is 1. The van der Waals surface area contributed by atoms with Gasteiger partial charge in [-0.3, -0.25) is 9.18 Å². The van der Waals surface area contributed by atoms with E-state index in [1.165, 1.54) is 0 Å². The highest BCUT2D eigenvalue weighted by Gasteiger charge is 2.00. The molecule has 0 unspecified atom stereocenters. The number of hydrogen-bond donors (Lipinski definition) is 0. The second-order valence-electron chi connectivity index (χ2n) is 6.40. The van der Waals surface area contributed by atoms with Gasteiger partial charge in [-0.25, -0.2) is 0 Å². The van der Waals surface area contributed by atoms with Gasteiger partial charge in [0, 0.05) is 0 Å². The lowest BCUT2D eigenvalue weighted by Gasteiger charge is -2.08. The molecule has 26 heavy (non-hydrogen) atoms. The van der Waals surface area contributed by atoms with E-state index in [4.69, 9.17) is 4.74 Å². The highest BCUT2D eigenvalue weighted by atomic mass is 19.1. The molecule has 0 aliphatic carbocycles. The zero-order valence-corrected chi connectivity index (χ0v) is 15.4. The minimum absolute atomic E-state index is 0.0458. The van der Waals surface area contributed by atoms with Crippen molar-refractivity contribution in [3.63, 3.8) is 0 Å². The first-order valence-electron chi connectivity index (χ1n) is 9.27. The van der Waals surface area contributed by atoms with Crippen molar-refractivity contribution in [2.75, 3.05) is 13.3 Å². The van der Waals surface area contributed by atoms with Crippen molar-refractivity contribution in [2.45, 2.75) is 39.0 Å². The van der Waals surface area contributed by atoms with Gasteiger partial charge in [-0.1, -0.05) is 61.7 Å². The van der Waals surface area contributed by atoms with E-state index in [2.05, 4.69) is 12.1 Å². The number of ketones is 1. The van der Waals surface area contributed by atoms with Gasteiger partial charge in [0.15, 0.2) is 5.78 Å². The summed E-state index contributed by atoms with van der Waals surface area (Å²) in [6.45, 7) is 2.04. The molecular weight excluding hydrogens is 327 g/mol. The molecule has 0 radical (unpaired) electrons. The average Bonchev–Trinajstić information content (AvgIpc) is 2.66. The van der Waals surface area contributed by atoms with E-state index in [1.54, 1.807) is 13.0 Å². The lowest BCUT2D eigenvalue weighted by molar-refractivity contribution is -0.112. The SMILES string of the molecule is CC(=O)C=Cc1ccc(-c2ccc(OCCCCCCCF)cc2)cc1. The zero-order chi connectivity index (χ0) is 18.6. The van der Waals surface area contributed by atoms with Gasteiger partial charge < -0.3 is 4.74 Å². The quantitative estimate of drug-likeness (QED) is 0.352. The number of unbranched alkanes of at least 4 members (excludes halogenated alkanes) is 4. The third kappa shape index (κ3) is 7.22. The van der Waals surface area contributed by atoms with Crippen LogP contribution < -0.4 is 4.74 Å². The molecule has 0 atom stereocenters.